The molecular formula is C17H11Cl2NO2. The highest BCUT2D eigenvalue weighted by molar-refractivity contribution is 6.42. The number of fused-ring (bicyclic) bond motifs is 1. The fourth-order valence-corrected chi connectivity index (χ4v) is 2.66. The maximum Gasteiger partial charge on any atom is 0.336 e. The van der Waals surface area contributed by atoms with Gasteiger partial charge in [0.25, 0.3) is 0 Å². The van der Waals surface area contributed by atoms with Crippen LogP contribution in [0.5, 0.6) is 0 Å². The van der Waals surface area contributed by atoms with Gasteiger partial charge in [-0.25, -0.2) is 9.78 Å². The summed E-state index contributed by atoms with van der Waals surface area (Å²) in [6, 6.07) is 12.5. The van der Waals surface area contributed by atoms with Gasteiger partial charge in [0.15, 0.2) is 0 Å². The molecule has 0 fully saturated rings. The van der Waals surface area contributed by atoms with Crippen molar-refractivity contribution < 1.29 is 9.90 Å². The Balaban J connectivity index is 2.24. The molecule has 2 aromatic carbocycles. The molecule has 3 nitrogen and oxygen atoms in total. The molecule has 0 spiro atoms. The van der Waals surface area contributed by atoms with Crippen LogP contribution in [0.1, 0.15) is 15.9 Å². The Morgan fingerprint density at radius 1 is 1.05 bits per heavy atom. The number of halogens is 2. The summed E-state index contributed by atoms with van der Waals surface area (Å²) in [6.07, 6.45) is 0. The number of hydrogen-bond acceptors (Lipinski definition) is 2. The highest BCUT2D eigenvalue weighted by Gasteiger charge is 2.16. The lowest BCUT2D eigenvalue weighted by Gasteiger charge is -2.09. The van der Waals surface area contributed by atoms with Crippen LogP contribution in [0.2, 0.25) is 10.0 Å². The van der Waals surface area contributed by atoms with Gasteiger partial charge in [-0.3, -0.25) is 0 Å². The molecule has 0 aliphatic rings. The van der Waals surface area contributed by atoms with E-state index in [1.165, 1.54) is 12.1 Å². The van der Waals surface area contributed by atoms with Gasteiger partial charge < -0.3 is 5.11 Å². The summed E-state index contributed by atoms with van der Waals surface area (Å²) in [6.45, 7) is 2.01. The summed E-state index contributed by atoms with van der Waals surface area (Å²) < 4.78 is 0. The molecule has 22 heavy (non-hydrogen) atoms. The number of aromatic carboxylic acids is 1. The van der Waals surface area contributed by atoms with Gasteiger partial charge in [0, 0.05) is 10.9 Å². The van der Waals surface area contributed by atoms with E-state index in [4.69, 9.17) is 23.2 Å². The number of rotatable bonds is 2. The first kappa shape index (κ1) is 14.8. The van der Waals surface area contributed by atoms with Crippen LogP contribution in [0.3, 0.4) is 0 Å². The lowest BCUT2D eigenvalue weighted by atomic mass is 10.0. The third kappa shape index (κ3) is 2.65. The maximum atomic E-state index is 11.4. The Bertz CT molecular complexity index is 907. The lowest BCUT2D eigenvalue weighted by molar-refractivity contribution is 0.0697. The van der Waals surface area contributed by atoms with Crippen molar-refractivity contribution in [3.63, 3.8) is 0 Å². The monoisotopic (exact) mass is 331 g/mol. The van der Waals surface area contributed by atoms with Gasteiger partial charge in [-0.15, -0.1) is 0 Å². The molecule has 0 atom stereocenters. The minimum absolute atomic E-state index is 0.0772. The van der Waals surface area contributed by atoms with Crippen molar-refractivity contribution >= 4 is 40.1 Å². The molecule has 0 aliphatic heterocycles. The van der Waals surface area contributed by atoms with E-state index in [1.54, 1.807) is 6.07 Å². The predicted octanol–water partition coefficient (Wildman–Crippen LogP) is 5.22. The van der Waals surface area contributed by atoms with Crippen molar-refractivity contribution in [1.82, 2.24) is 4.98 Å². The number of pyridine rings is 1. The van der Waals surface area contributed by atoms with Crippen LogP contribution in [-0.4, -0.2) is 16.1 Å². The van der Waals surface area contributed by atoms with Crippen molar-refractivity contribution in [3.05, 3.63) is 63.6 Å². The molecule has 110 valence electrons. The van der Waals surface area contributed by atoms with E-state index in [2.05, 4.69) is 4.98 Å². The molecule has 1 aromatic heterocycles. The number of carbonyl (C=O) groups is 1. The number of hydrogen-bond donors (Lipinski definition) is 1. The summed E-state index contributed by atoms with van der Waals surface area (Å²) in [7, 11) is 0. The van der Waals surface area contributed by atoms with Crippen molar-refractivity contribution in [2.75, 3.05) is 0 Å². The summed E-state index contributed by atoms with van der Waals surface area (Å²) in [5.41, 5.74) is 3.01. The van der Waals surface area contributed by atoms with E-state index in [0.717, 1.165) is 16.5 Å². The Hall–Kier alpha value is -2.10. The first-order chi connectivity index (χ1) is 10.5. The van der Waals surface area contributed by atoms with Gasteiger partial charge in [0.1, 0.15) is 0 Å². The minimum Gasteiger partial charge on any atom is -0.478 e. The van der Waals surface area contributed by atoms with Crippen molar-refractivity contribution in [1.29, 1.82) is 0 Å². The van der Waals surface area contributed by atoms with Gasteiger partial charge in [-0.1, -0.05) is 40.9 Å². The summed E-state index contributed by atoms with van der Waals surface area (Å²) in [5.74, 6) is -1.07. The highest BCUT2D eigenvalue weighted by Crippen LogP contribution is 2.32. The van der Waals surface area contributed by atoms with E-state index in [-0.39, 0.29) is 10.6 Å². The second-order valence-corrected chi connectivity index (χ2v) is 5.82. The molecule has 1 heterocycles. The molecule has 0 saturated heterocycles. The largest absolute Gasteiger partial charge is 0.478 e. The highest BCUT2D eigenvalue weighted by atomic mass is 35.5. The summed E-state index contributed by atoms with van der Waals surface area (Å²) >= 11 is 11.9. The van der Waals surface area contributed by atoms with Crippen LogP contribution in [0.25, 0.3) is 22.2 Å². The molecule has 0 aliphatic carbocycles. The normalized spacial score (nSPS) is 10.9. The fourth-order valence-electron chi connectivity index (χ4n) is 2.33. The Labute approximate surface area is 137 Å². The first-order valence-corrected chi connectivity index (χ1v) is 7.31. The Morgan fingerprint density at radius 2 is 1.77 bits per heavy atom. The van der Waals surface area contributed by atoms with Gasteiger partial charge in [0.05, 0.1) is 26.8 Å². The SMILES string of the molecule is Cc1ccc2nc(-c3cc(Cl)c(Cl)cc3C(=O)O)ccc2c1. The number of aromatic nitrogens is 1. The number of nitrogens with zero attached hydrogens (tertiary/aromatic N) is 1. The zero-order valence-corrected chi connectivity index (χ0v) is 13.1. The average Bonchev–Trinajstić information content (AvgIpc) is 2.48. The van der Waals surface area contributed by atoms with Gasteiger partial charge in [-0.05, 0) is 37.3 Å². The number of carboxylic acids is 1. The van der Waals surface area contributed by atoms with E-state index < -0.39 is 5.97 Å². The van der Waals surface area contributed by atoms with E-state index >= 15 is 0 Å². The molecule has 0 radical (unpaired) electrons. The number of benzene rings is 2. The standard InChI is InChI=1S/C17H11Cl2NO2/c1-9-2-4-15-10(6-9)3-5-16(20-15)11-7-13(18)14(19)8-12(11)17(21)22/h2-8H,1H3,(H,21,22). The second-order valence-electron chi connectivity index (χ2n) is 5.01. The summed E-state index contributed by atoms with van der Waals surface area (Å²) in [4.78, 5) is 16.0. The molecular weight excluding hydrogens is 321 g/mol. The van der Waals surface area contributed by atoms with Crippen molar-refractivity contribution in [3.8, 4) is 11.3 Å². The molecule has 0 saturated carbocycles. The zero-order chi connectivity index (χ0) is 15.9. The van der Waals surface area contributed by atoms with Gasteiger partial charge in [0.2, 0.25) is 0 Å². The van der Waals surface area contributed by atoms with Crippen molar-refractivity contribution in [2.45, 2.75) is 6.92 Å². The molecule has 0 amide bonds. The molecule has 1 N–H and O–H groups in total. The molecule has 3 aromatic rings. The second kappa shape index (κ2) is 5.59. The number of carboxylic acid groups (broad SMARTS) is 1. The molecule has 3 rings (SSSR count). The zero-order valence-electron chi connectivity index (χ0n) is 11.6. The minimum atomic E-state index is -1.07. The molecule has 0 unspecified atom stereocenters. The van der Waals surface area contributed by atoms with Crippen LogP contribution < -0.4 is 0 Å². The Kier molecular flexibility index (Phi) is 3.77. The quantitative estimate of drug-likeness (QED) is 0.700. The van der Waals surface area contributed by atoms with E-state index in [0.29, 0.717) is 16.3 Å². The van der Waals surface area contributed by atoms with Gasteiger partial charge >= 0.3 is 5.97 Å². The van der Waals surface area contributed by atoms with E-state index in [1.807, 2.05) is 31.2 Å². The lowest BCUT2D eigenvalue weighted by Crippen LogP contribution is -2.01. The third-order valence-corrected chi connectivity index (χ3v) is 4.13. The first-order valence-electron chi connectivity index (χ1n) is 6.56. The fraction of sp³-hybridized carbons (Fsp3) is 0.0588. The van der Waals surface area contributed by atoms with Crippen LogP contribution in [0.4, 0.5) is 0 Å². The summed E-state index contributed by atoms with van der Waals surface area (Å²) in [5, 5.41) is 10.9. The molecule has 5 heteroatoms. The smallest absolute Gasteiger partial charge is 0.336 e. The van der Waals surface area contributed by atoms with Crippen LogP contribution in [0.15, 0.2) is 42.5 Å². The van der Waals surface area contributed by atoms with Crippen LogP contribution >= 0.6 is 23.2 Å². The van der Waals surface area contributed by atoms with Crippen LogP contribution in [-0.2, 0) is 0 Å². The number of aryl methyl sites for hydroxylation is 1. The molecule has 0 bridgehead atoms. The average molecular weight is 332 g/mol. The Morgan fingerprint density at radius 3 is 2.50 bits per heavy atom. The topological polar surface area (TPSA) is 50.2 Å². The predicted molar refractivity (Wildman–Crippen MR) is 88.9 cm³/mol. The van der Waals surface area contributed by atoms with Crippen molar-refractivity contribution in [2.24, 2.45) is 0 Å². The third-order valence-electron chi connectivity index (χ3n) is 3.41. The maximum absolute atomic E-state index is 11.4. The van der Waals surface area contributed by atoms with Gasteiger partial charge in [-0.2, -0.15) is 0 Å². The van der Waals surface area contributed by atoms with Crippen LogP contribution in [0, 0.1) is 6.92 Å². The van der Waals surface area contributed by atoms with E-state index in [9.17, 15) is 9.90 Å².